The Kier molecular flexibility index (Phi) is 3.99. The van der Waals surface area contributed by atoms with E-state index in [1.807, 2.05) is 30.6 Å². The van der Waals surface area contributed by atoms with Gasteiger partial charge in [0.05, 0.1) is 6.20 Å². The van der Waals surface area contributed by atoms with Gasteiger partial charge in [0.2, 0.25) is 0 Å². The molecule has 0 aliphatic heterocycles. The van der Waals surface area contributed by atoms with E-state index in [9.17, 15) is 5.11 Å². The van der Waals surface area contributed by atoms with Crippen LogP contribution in [0.1, 0.15) is 43.5 Å². The Labute approximate surface area is 107 Å². The summed E-state index contributed by atoms with van der Waals surface area (Å²) in [6.07, 6.45) is 4.62. The number of aromatic nitrogens is 2. The lowest BCUT2D eigenvalue weighted by atomic mass is 10.0. The summed E-state index contributed by atoms with van der Waals surface area (Å²) in [5, 5.41) is 20.2. The van der Waals surface area contributed by atoms with E-state index in [4.69, 9.17) is 0 Å². The minimum absolute atomic E-state index is 0.135. The fraction of sp³-hybridized carbons (Fsp3) is 0.357. The lowest BCUT2D eigenvalue weighted by molar-refractivity contribution is 0.419. The summed E-state index contributed by atoms with van der Waals surface area (Å²) in [5.41, 5.74) is 2.05. The zero-order chi connectivity index (χ0) is 13.0. The van der Waals surface area contributed by atoms with Crippen molar-refractivity contribution in [2.24, 2.45) is 0 Å². The first kappa shape index (κ1) is 12.6. The van der Waals surface area contributed by atoms with Crippen molar-refractivity contribution >= 4 is 0 Å². The van der Waals surface area contributed by atoms with Crippen molar-refractivity contribution in [1.82, 2.24) is 15.5 Å². The summed E-state index contributed by atoms with van der Waals surface area (Å²) in [6, 6.07) is 7.79. The van der Waals surface area contributed by atoms with Crippen LogP contribution in [0.5, 0.6) is 5.75 Å². The summed E-state index contributed by atoms with van der Waals surface area (Å²) in [7, 11) is 0. The molecular formula is C14H19N3O. The molecule has 2 unspecified atom stereocenters. The minimum Gasteiger partial charge on any atom is -0.508 e. The molecule has 0 radical (unpaired) electrons. The number of benzene rings is 1. The second-order valence-corrected chi connectivity index (χ2v) is 4.44. The Hall–Kier alpha value is -1.81. The topological polar surface area (TPSA) is 60.9 Å². The predicted octanol–water partition coefficient (Wildman–Crippen LogP) is 2.92. The maximum absolute atomic E-state index is 9.90. The van der Waals surface area contributed by atoms with Crippen LogP contribution in [-0.4, -0.2) is 15.3 Å². The van der Waals surface area contributed by atoms with E-state index in [2.05, 4.69) is 29.4 Å². The first-order valence-corrected chi connectivity index (χ1v) is 6.25. The van der Waals surface area contributed by atoms with Gasteiger partial charge in [-0.15, -0.1) is 0 Å². The summed E-state index contributed by atoms with van der Waals surface area (Å²) in [5.74, 6) is 0.344. The highest BCUT2D eigenvalue weighted by Crippen LogP contribution is 2.28. The van der Waals surface area contributed by atoms with Gasteiger partial charge in [0.25, 0.3) is 0 Å². The molecule has 2 rings (SSSR count). The number of rotatable bonds is 5. The van der Waals surface area contributed by atoms with Crippen LogP contribution in [-0.2, 0) is 0 Å². The maximum atomic E-state index is 9.90. The molecule has 0 saturated heterocycles. The van der Waals surface area contributed by atoms with Crippen LogP contribution in [0.15, 0.2) is 36.7 Å². The van der Waals surface area contributed by atoms with Crippen LogP contribution >= 0.6 is 0 Å². The van der Waals surface area contributed by atoms with Crippen LogP contribution < -0.4 is 5.32 Å². The molecule has 1 aromatic heterocycles. The zero-order valence-electron chi connectivity index (χ0n) is 10.7. The van der Waals surface area contributed by atoms with E-state index >= 15 is 0 Å². The van der Waals surface area contributed by atoms with Gasteiger partial charge in [0.1, 0.15) is 5.75 Å². The highest BCUT2D eigenvalue weighted by molar-refractivity contribution is 5.34. The molecule has 1 heterocycles. The van der Waals surface area contributed by atoms with Crippen LogP contribution in [0.4, 0.5) is 0 Å². The lowest BCUT2D eigenvalue weighted by Gasteiger charge is -2.22. The smallest absolute Gasteiger partial charge is 0.120 e. The molecule has 2 atom stereocenters. The second kappa shape index (κ2) is 5.69. The van der Waals surface area contributed by atoms with E-state index in [0.29, 0.717) is 5.75 Å². The highest BCUT2D eigenvalue weighted by Gasteiger charge is 2.16. The van der Waals surface area contributed by atoms with Gasteiger partial charge in [-0.1, -0.05) is 25.1 Å². The zero-order valence-corrected chi connectivity index (χ0v) is 10.7. The fourth-order valence-corrected chi connectivity index (χ4v) is 2.11. The van der Waals surface area contributed by atoms with E-state index < -0.39 is 0 Å². The van der Waals surface area contributed by atoms with E-state index in [1.54, 1.807) is 6.07 Å². The molecule has 0 aliphatic rings. The van der Waals surface area contributed by atoms with Crippen molar-refractivity contribution in [2.75, 3.05) is 0 Å². The SMILES string of the molecule is CCC(NC(C)c1cn[nH]c1)c1ccccc1O. The van der Waals surface area contributed by atoms with E-state index in [0.717, 1.165) is 17.5 Å². The molecule has 0 spiro atoms. The van der Waals surface area contributed by atoms with Crippen molar-refractivity contribution in [3.8, 4) is 5.75 Å². The van der Waals surface area contributed by atoms with Gasteiger partial charge >= 0.3 is 0 Å². The number of phenols is 1. The Balaban J connectivity index is 2.13. The first-order chi connectivity index (χ1) is 8.72. The van der Waals surface area contributed by atoms with Gasteiger partial charge in [-0.3, -0.25) is 5.10 Å². The third kappa shape index (κ3) is 2.71. The fourth-order valence-electron chi connectivity index (χ4n) is 2.11. The highest BCUT2D eigenvalue weighted by atomic mass is 16.3. The quantitative estimate of drug-likeness (QED) is 0.759. The van der Waals surface area contributed by atoms with Gasteiger partial charge in [-0.25, -0.2) is 0 Å². The molecule has 0 aliphatic carbocycles. The number of phenolic OH excluding ortho intramolecular Hbond substituents is 1. The molecule has 4 heteroatoms. The largest absolute Gasteiger partial charge is 0.508 e. The Morgan fingerprint density at radius 1 is 1.39 bits per heavy atom. The number of aromatic hydroxyl groups is 1. The third-order valence-corrected chi connectivity index (χ3v) is 3.19. The molecular weight excluding hydrogens is 226 g/mol. The molecule has 4 nitrogen and oxygen atoms in total. The minimum atomic E-state index is 0.135. The standard InChI is InChI=1S/C14H19N3O/c1-3-13(12-6-4-5-7-14(12)18)17-10(2)11-8-15-16-9-11/h4-10,13,17-18H,3H2,1-2H3,(H,15,16). The van der Waals surface area contributed by atoms with Crippen molar-refractivity contribution < 1.29 is 5.11 Å². The van der Waals surface area contributed by atoms with Crippen LogP contribution in [0.3, 0.4) is 0 Å². The molecule has 96 valence electrons. The Bertz CT molecular complexity index is 482. The number of hydrogen-bond acceptors (Lipinski definition) is 3. The third-order valence-electron chi connectivity index (χ3n) is 3.19. The van der Waals surface area contributed by atoms with Gasteiger partial charge in [0, 0.05) is 29.4 Å². The van der Waals surface area contributed by atoms with Crippen LogP contribution in [0, 0.1) is 0 Å². The van der Waals surface area contributed by atoms with Gasteiger partial charge in [-0.05, 0) is 19.4 Å². The second-order valence-electron chi connectivity index (χ2n) is 4.44. The predicted molar refractivity (Wildman–Crippen MR) is 71.3 cm³/mol. The number of nitrogens with one attached hydrogen (secondary N) is 2. The van der Waals surface area contributed by atoms with Crippen molar-refractivity contribution in [3.63, 3.8) is 0 Å². The summed E-state index contributed by atoms with van der Waals surface area (Å²) in [4.78, 5) is 0. The summed E-state index contributed by atoms with van der Waals surface area (Å²) in [6.45, 7) is 4.19. The van der Waals surface area contributed by atoms with E-state index in [1.165, 1.54) is 0 Å². The summed E-state index contributed by atoms with van der Waals surface area (Å²) < 4.78 is 0. The Morgan fingerprint density at radius 2 is 2.17 bits per heavy atom. The van der Waals surface area contributed by atoms with Crippen molar-refractivity contribution in [3.05, 3.63) is 47.8 Å². The number of aromatic amines is 1. The monoisotopic (exact) mass is 245 g/mol. The molecule has 0 saturated carbocycles. The van der Waals surface area contributed by atoms with E-state index in [-0.39, 0.29) is 12.1 Å². The van der Waals surface area contributed by atoms with Gasteiger partial charge < -0.3 is 10.4 Å². The molecule has 0 fully saturated rings. The first-order valence-electron chi connectivity index (χ1n) is 6.25. The Morgan fingerprint density at radius 3 is 2.78 bits per heavy atom. The van der Waals surface area contributed by atoms with Crippen molar-refractivity contribution in [1.29, 1.82) is 0 Å². The number of nitrogens with zero attached hydrogens (tertiary/aromatic N) is 1. The number of hydrogen-bond donors (Lipinski definition) is 3. The van der Waals surface area contributed by atoms with Gasteiger partial charge in [-0.2, -0.15) is 5.10 Å². The number of para-hydroxylation sites is 1. The average Bonchev–Trinajstić information content (AvgIpc) is 2.90. The molecule has 2 aromatic rings. The number of H-pyrrole nitrogens is 1. The molecule has 0 amide bonds. The molecule has 0 bridgehead atoms. The van der Waals surface area contributed by atoms with Gasteiger partial charge in [0.15, 0.2) is 0 Å². The molecule has 1 aromatic carbocycles. The van der Waals surface area contributed by atoms with Crippen molar-refractivity contribution in [2.45, 2.75) is 32.4 Å². The normalized spacial score (nSPS) is 14.3. The maximum Gasteiger partial charge on any atom is 0.120 e. The lowest BCUT2D eigenvalue weighted by Crippen LogP contribution is -2.24. The molecule has 18 heavy (non-hydrogen) atoms. The van der Waals surface area contributed by atoms with Crippen LogP contribution in [0.2, 0.25) is 0 Å². The molecule has 3 N–H and O–H groups in total. The summed E-state index contributed by atoms with van der Waals surface area (Å²) >= 11 is 0. The van der Waals surface area contributed by atoms with Crippen LogP contribution in [0.25, 0.3) is 0 Å². The average molecular weight is 245 g/mol.